The minimum atomic E-state index is 0.648. The lowest BCUT2D eigenvalue weighted by Crippen LogP contribution is -2.35. The van der Waals surface area contributed by atoms with Gasteiger partial charge in [0, 0.05) is 18.9 Å². The SMILES string of the molecule is CC[N+]1=C(C)c2ccccc2C[C@H]1C. The molecule has 0 N–H and O–H groups in total. The highest BCUT2D eigenvalue weighted by Crippen LogP contribution is 2.18. The van der Waals surface area contributed by atoms with E-state index in [1.165, 1.54) is 23.3 Å². The Bertz CT molecular complexity index is 377. The quantitative estimate of drug-likeness (QED) is 0.596. The van der Waals surface area contributed by atoms with Crippen molar-refractivity contribution in [3.8, 4) is 0 Å². The number of hydrogen-bond acceptors (Lipinski definition) is 0. The molecule has 0 aromatic heterocycles. The number of nitrogens with zero attached hydrogens (tertiary/aromatic N) is 1. The fourth-order valence-electron chi connectivity index (χ4n) is 2.51. The van der Waals surface area contributed by atoms with Gasteiger partial charge in [-0.2, -0.15) is 0 Å². The van der Waals surface area contributed by atoms with E-state index in [-0.39, 0.29) is 0 Å². The molecule has 0 amide bonds. The molecular weight excluding hydrogens is 170 g/mol. The lowest BCUT2D eigenvalue weighted by atomic mass is 9.94. The summed E-state index contributed by atoms with van der Waals surface area (Å²) in [5.41, 5.74) is 4.37. The van der Waals surface area contributed by atoms with Crippen molar-refractivity contribution >= 4 is 5.71 Å². The lowest BCUT2D eigenvalue weighted by Gasteiger charge is -2.21. The fraction of sp³-hybridized carbons (Fsp3) is 0.462. The van der Waals surface area contributed by atoms with Crippen LogP contribution < -0.4 is 0 Å². The van der Waals surface area contributed by atoms with Gasteiger partial charge in [-0.15, -0.1) is 0 Å². The zero-order valence-electron chi connectivity index (χ0n) is 9.25. The summed E-state index contributed by atoms with van der Waals surface area (Å²) >= 11 is 0. The fourth-order valence-corrected chi connectivity index (χ4v) is 2.51. The molecule has 1 aliphatic rings. The predicted molar refractivity (Wildman–Crippen MR) is 60.2 cm³/mol. The molecule has 0 unspecified atom stereocenters. The van der Waals surface area contributed by atoms with Crippen molar-refractivity contribution < 1.29 is 4.58 Å². The van der Waals surface area contributed by atoms with Crippen molar-refractivity contribution in [3.63, 3.8) is 0 Å². The molecule has 1 nitrogen and oxygen atoms in total. The molecule has 1 heterocycles. The Labute approximate surface area is 86.1 Å². The molecule has 1 aliphatic heterocycles. The van der Waals surface area contributed by atoms with Crippen molar-refractivity contribution in [2.75, 3.05) is 6.54 Å². The second-order valence-corrected chi connectivity index (χ2v) is 4.08. The van der Waals surface area contributed by atoms with Crippen LogP contribution in [-0.2, 0) is 6.42 Å². The van der Waals surface area contributed by atoms with Crippen LogP contribution in [0, 0.1) is 0 Å². The van der Waals surface area contributed by atoms with E-state index in [1.54, 1.807) is 0 Å². The Hall–Kier alpha value is -1.11. The van der Waals surface area contributed by atoms with E-state index in [9.17, 15) is 0 Å². The van der Waals surface area contributed by atoms with Crippen LogP contribution in [0.25, 0.3) is 0 Å². The number of likely N-dealkylation sites (N-methyl/N-ethyl adjacent to an activating group) is 1. The van der Waals surface area contributed by atoms with Crippen molar-refractivity contribution in [2.24, 2.45) is 0 Å². The van der Waals surface area contributed by atoms with Gasteiger partial charge in [0.2, 0.25) is 0 Å². The maximum Gasteiger partial charge on any atom is 0.180 e. The molecule has 74 valence electrons. The second-order valence-electron chi connectivity index (χ2n) is 4.08. The normalized spacial score (nSPS) is 20.9. The van der Waals surface area contributed by atoms with Crippen LogP contribution >= 0.6 is 0 Å². The zero-order valence-corrected chi connectivity index (χ0v) is 9.25. The largest absolute Gasteiger partial charge is 0.231 e. The minimum absolute atomic E-state index is 0.648. The molecule has 0 saturated carbocycles. The number of fused-ring (bicyclic) bond motifs is 1. The summed E-state index contributed by atoms with van der Waals surface area (Å²) in [6.07, 6.45) is 1.18. The second kappa shape index (κ2) is 3.56. The van der Waals surface area contributed by atoms with E-state index in [0.29, 0.717) is 6.04 Å². The molecule has 0 radical (unpaired) electrons. The maximum atomic E-state index is 2.49. The van der Waals surface area contributed by atoms with E-state index in [4.69, 9.17) is 0 Å². The zero-order chi connectivity index (χ0) is 10.1. The van der Waals surface area contributed by atoms with E-state index < -0.39 is 0 Å². The standard InChI is InChI=1S/C13H18N/c1-4-14-10(2)9-12-7-5-6-8-13(12)11(14)3/h5-8,10H,4,9H2,1-3H3/q+1/t10-/m1/s1. The average molecular weight is 188 g/mol. The molecule has 1 heteroatoms. The van der Waals surface area contributed by atoms with Gasteiger partial charge < -0.3 is 0 Å². The molecule has 0 saturated heterocycles. The summed E-state index contributed by atoms with van der Waals surface area (Å²) in [4.78, 5) is 0. The summed E-state index contributed by atoms with van der Waals surface area (Å²) in [6.45, 7) is 7.89. The molecule has 0 fully saturated rings. The topological polar surface area (TPSA) is 3.01 Å². The van der Waals surface area contributed by atoms with Crippen LogP contribution in [0.4, 0.5) is 0 Å². The molecule has 1 aromatic carbocycles. The smallest absolute Gasteiger partial charge is 0.180 e. The van der Waals surface area contributed by atoms with Gasteiger partial charge in [-0.3, -0.25) is 0 Å². The van der Waals surface area contributed by atoms with Crippen LogP contribution in [0.1, 0.15) is 31.9 Å². The van der Waals surface area contributed by atoms with Gasteiger partial charge in [-0.1, -0.05) is 18.2 Å². The Kier molecular flexibility index (Phi) is 2.40. The Morgan fingerprint density at radius 1 is 1.36 bits per heavy atom. The van der Waals surface area contributed by atoms with Gasteiger partial charge >= 0.3 is 0 Å². The molecule has 14 heavy (non-hydrogen) atoms. The third kappa shape index (κ3) is 1.37. The van der Waals surface area contributed by atoms with Crippen molar-refractivity contribution in [2.45, 2.75) is 33.2 Å². The van der Waals surface area contributed by atoms with Gasteiger partial charge in [0.15, 0.2) is 11.8 Å². The average Bonchev–Trinajstić information content (AvgIpc) is 2.18. The third-order valence-electron chi connectivity index (χ3n) is 3.23. The van der Waals surface area contributed by atoms with Crippen LogP contribution in [0.5, 0.6) is 0 Å². The maximum absolute atomic E-state index is 2.49. The van der Waals surface area contributed by atoms with Gasteiger partial charge in [0.1, 0.15) is 6.54 Å². The number of rotatable bonds is 1. The molecular formula is C13H18N+. The van der Waals surface area contributed by atoms with E-state index >= 15 is 0 Å². The molecule has 0 bridgehead atoms. The van der Waals surface area contributed by atoms with Crippen molar-refractivity contribution in [1.29, 1.82) is 0 Å². The van der Waals surface area contributed by atoms with Crippen molar-refractivity contribution in [3.05, 3.63) is 35.4 Å². The molecule has 1 atom stereocenters. The first-order valence-corrected chi connectivity index (χ1v) is 5.42. The number of hydrogen-bond donors (Lipinski definition) is 0. The highest BCUT2D eigenvalue weighted by molar-refractivity contribution is 5.96. The molecule has 2 rings (SSSR count). The monoisotopic (exact) mass is 188 g/mol. The summed E-state index contributed by atoms with van der Waals surface area (Å²) in [6, 6.07) is 9.41. The summed E-state index contributed by atoms with van der Waals surface area (Å²) in [5, 5.41) is 0. The van der Waals surface area contributed by atoms with Gasteiger partial charge in [0.05, 0.1) is 0 Å². The van der Waals surface area contributed by atoms with Crippen LogP contribution in [0.3, 0.4) is 0 Å². The Morgan fingerprint density at radius 2 is 2.07 bits per heavy atom. The summed E-state index contributed by atoms with van der Waals surface area (Å²) in [5.74, 6) is 0. The lowest BCUT2D eigenvalue weighted by molar-refractivity contribution is -0.560. The third-order valence-corrected chi connectivity index (χ3v) is 3.23. The highest BCUT2D eigenvalue weighted by Gasteiger charge is 2.26. The first-order valence-electron chi connectivity index (χ1n) is 5.42. The van der Waals surface area contributed by atoms with E-state index in [2.05, 4.69) is 49.6 Å². The number of benzene rings is 1. The van der Waals surface area contributed by atoms with Gasteiger partial charge in [-0.25, -0.2) is 4.58 Å². The summed E-state index contributed by atoms with van der Waals surface area (Å²) < 4.78 is 2.49. The minimum Gasteiger partial charge on any atom is -0.231 e. The molecule has 1 aromatic rings. The van der Waals surface area contributed by atoms with Gasteiger partial charge in [0.25, 0.3) is 0 Å². The molecule has 0 aliphatic carbocycles. The first-order chi connectivity index (χ1) is 6.74. The van der Waals surface area contributed by atoms with Crippen LogP contribution in [0.15, 0.2) is 24.3 Å². The van der Waals surface area contributed by atoms with E-state index in [1.807, 2.05) is 0 Å². The first kappa shape index (κ1) is 9.45. The van der Waals surface area contributed by atoms with Gasteiger partial charge in [-0.05, 0) is 25.5 Å². The summed E-state index contributed by atoms with van der Waals surface area (Å²) in [7, 11) is 0. The Balaban J connectivity index is 2.56. The Morgan fingerprint density at radius 3 is 2.79 bits per heavy atom. The highest BCUT2D eigenvalue weighted by atomic mass is 15.0. The van der Waals surface area contributed by atoms with Crippen molar-refractivity contribution in [1.82, 2.24) is 0 Å². The molecule has 0 spiro atoms. The van der Waals surface area contributed by atoms with E-state index in [0.717, 1.165) is 6.54 Å². The van der Waals surface area contributed by atoms with Crippen LogP contribution in [0.2, 0.25) is 0 Å². The van der Waals surface area contributed by atoms with Crippen LogP contribution in [-0.4, -0.2) is 22.9 Å². The predicted octanol–water partition coefficient (Wildman–Crippen LogP) is 2.47.